The number of hydrogen-bond donors (Lipinski definition) is 1. The van der Waals surface area contributed by atoms with Crippen molar-refractivity contribution in [1.29, 1.82) is 0 Å². The first-order chi connectivity index (χ1) is 17.6. The monoisotopic (exact) mass is 560 g/mol. The number of nitrogens with one attached hydrogen (secondary N) is 1. The van der Waals surface area contributed by atoms with E-state index in [2.05, 4.69) is 34.9 Å². The Morgan fingerprint density at radius 2 is 1.70 bits per heavy atom. The van der Waals surface area contributed by atoms with E-state index in [1.807, 2.05) is 0 Å². The van der Waals surface area contributed by atoms with Gasteiger partial charge in [-0.1, -0.05) is 11.6 Å². The molecule has 1 N–H and O–H groups in total. The Kier molecular flexibility index (Phi) is 7.70. The van der Waals surface area contributed by atoms with Gasteiger partial charge in [0.05, 0.1) is 19.2 Å². The summed E-state index contributed by atoms with van der Waals surface area (Å²) in [7, 11) is -0.289. The molecule has 1 saturated carbocycles. The molecule has 37 heavy (non-hydrogen) atoms. The second-order valence-corrected chi connectivity index (χ2v) is 10.5. The summed E-state index contributed by atoms with van der Waals surface area (Å²) in [5, 5.41) is 7.02. The van der Waals surface area contributed by atoms with Crippen molar-refractivity contribution >= 4 is 27.6 Å². The molecule has 17 heteroatoms. The molecule has 13 nitrogen and oxygen atoms in total. The van der Waals surface area contributed by atoms with E-state index in [0.29, 0.717) is 0 Å². The van der Waals surface area contributed by atoms with Crippen molar-refractivity contribution < 1.29 is 31.4 Å². The molecular weight excluding hydrogens is 538 g/mol. The zero-order valence-corrected chi connectivity index (χ0v) is 21.6. The lowest BCUT2D eigenvalue weighted by Crippen LogP contribution is -2.33. The fraction of sp³-hybridized carbons (Fsp3) is 0.500. The summed E-state index contributed by atoms with van der Waals surface area (Å²) in [6.45, 7) is 1.39. The minimum absolute atomic E-state index is 0.0139. The van der Waals surface area contributed by atoms with Gasteiger partial charge >= 0.3 is 0 Å². The van der Waals surface area contributed by atoms with E-state index in [9.17, 15) is 17.2 Å². The number of aromatic nitrogens is 7. The number of sulfonamides is 1. The first-order valence-corrected chi connectivity index (χ1v) is 12.7. The van der Waals surface area contributed by atoms with Gasteiger partial charge in [-0.3, -0.25) is 9.29 Å². The summed E-state index contributed by atoms with van der Waals surface area (Å²) in [6.07, 6.45) is 0.264. The highest BCUT2D eigenvalue weighted by Gasteiger charge is 2.49. The molecule has 0 aromatic carbocycles. The van der Waals surface area contributed by atoms with E-state index in [1.54, 1.807) is 0 Å². The lowest BCUT2D eigenvalue weighted by Gasteiger charge is -2.22. The van der Waals surface area contributed by atoms with Gasteiger partial charge in [-0.05, 0) is 13.3 Å². The van der Waals surface area contributed by atoms with Gasteiger partial charge in [-0.2, -0.15) is 9.97 Å². The molecule has 0 saturated heterocycles. The zero-order chi connectivity index (χ0) is 26.9. The molecule has 4 unspecified atom stereocenters. The van der Waals surface area contributed by atoms with Gasteiger partial charge in [0, 0.05) is 31.3 Å². The van der Waals surface area contributed by atoms with Crippen LogP contribution in [0, 0.1) is 5.92 Å². The summed E-state index contributed by atoms with van der Waals surface area (Å²) in [4.78, 5) is 16.2. The number of anilines is 1. The fourth-order valence-electron chi connectivity index (χ4n) is 3.81. The first kappa shape index (κ1) is 26.8. The van der Waals surface area contributed by atoms with Crippen LogP contribution in [-0.4, -0.2) is 76.1 Å². The molecular formula is C20H23ClF2N8O5S. The van der Waals surface area contributed by atoms with Crippen LogP contribution in [0.1, 0.15) is 37.0 Å². The largest absolute Gasteiger partial charge is 0.479 e. The quantitative estimate of drug-likeness (QED) is 0.367. The van der Waals surface area contributed by atoms with Gasteiger partial charge < -0.3 is 14.2 Å². The van der Waals surface area contributed by atoms with Crippen molar-refractivity contribution in [3.63, 3.8) is 0 Å². The Labute approximate surface area is 215 Å². The van der Waals surface area contributed by atoms with Gasteiger partial charge in [0.1, 0.15) is 23.5 Å². The Bertz CT molecular complexity index is 1340. The first-order valence-electron chi connectivity index (χ1n) is 10.8. The number of nitrogens with zero attached hydrogens (tertiary/aromatic N) is 7. The van der Waals surface area contributed by atoms with Crippen molar-refractivity contribution in [1.82, 2.24) is 34.7 Å². The Morgan fingerprint density at radius 3 is 2.22 bits per heavy atom. The van der Waals surface area contributed by atoms with Crippen molar-refractivity contribution in [3.05, 3.63) is 35.4 Å². The van der Waals surface area contributed by atoms with E-state index in [0.717, 1.165) is 0 Å². The van der Waals surface area contributed by atoms with Gasteiger partial charge in [0.2, 0.25) is 34.2 Å². The molecule has 0 aliphatic heterocycles. The van der Waals surface area contributed by atoms with Gasteiger partial charge in [0.15, 0.2) is 11.5 Å². The van der Waals surface area contributed by atoms with Crippen LogP contribution in [0.5, 0.6) is 11.8 Å². The molecule has 0 radical (unpaired) electrons. The van der Waals surface area contributed by atoms with Crippen LogP contribution < -0.4 is 14.2 Å². The SMILES string of the molecule is COc1ncnc(OC)c1-n1c(NS(=O)(=O)C(C)C(OC)c2ncc(Cl)cn2)nnc1C1CC1C(F)F. The third-order valence-corrected chi connectivity index (χ3v) is 7.74. The summed E-state index contributed by atoms with van der Waals surface area (Å²) < 4.78 is 73.3. The lowest BCUT2D eigenvalue weighted by atomic mass is 10.2. The van der Waals surface area contributed by atoms with Crippen LogP contribution in [0.4, 0.5) is 14.7 Å². The lowest BCUT2D eigenvalue weighted by molar-refractivity contribution is 0.0950. The molecule has 1 fully saturated rings. The summed E-state index contributed by atoms with van der Waals surface area (Å²) in [5.74, 6) is -1.82. The maximum atomic E-state index is 13.4. The average molecular weight is 561 g/mol. The van der Waals surface area contributed by atoms with Crippen molar-refractivity contribution in [3.8, 4) is 17.4 Å². The fourth-order valence-corrected chi connectivity index (χ4v) is 5.04. The second kappa shape index (κ2) is 10.6. The van der Waals surface area contributed by atoms with Crippen molar-refractivity contribution in [2.24, 2.45) is 5.92 Å². The smallest absolute Gasteiger partial charge is 0.245 e. The number of halogens is 3. The maximum absolute atomic E-state index is 13.4. The number of hydrogen-bond acceptors (Lipinski definition) is 11. The molecule has 200 valence electrons. The maximum Gasteiger partial charge on any atom is 0.245 e. The van der Waals surface area contributed by atoms with Crippen LogP contribution in [0.2, 0.25) is 5.02 Å². The topological polar surface area (TPSA) is 156 Å². The standard InChI is InChI=1S/C20H23ClF2N8O5S/c1-9(14(34-2)16-24-6-10(21)7-25-16)37(32,33)30-20-29-28-17(12-5-11(12)15(22)23)31(20)13-18(35-3)26-8-27-19(13)36-4/h6-9,11-12,14-15H,5H2,1-4H3,(H,29,30). The van der Waals surface area contributed by atoms with Crippen LogP contribution >= 0.6 is 11.6 Å². The molecule has 3 heterocycles. The normalized spacial score (nSPS) is 18.9. The number of methoxy groups -OCH3 is 3. The minimum Gasteiger partial charge on any atom is -0.479 e. The van der Waals surface area contributed by atoms with E-state index in [4.69, 9.17) is 25.8 Å². The Morgan fingerprint density at radius 1 is 1.08 bits per heavy atom. The Balaban J connectivity index is 1.77. The van der Waals surface area contributed by atoms with Gasteiger partial charge in [0.25, 0.3) is 0 Å². The van der Waals surface area contributed by atoms with Gasteiger partial charge in [-0.15, -0.1) is 10.2 Å². The molecule has 3 aromatic heterocycles. The van der Waals surface area contributed by atoms with Crippen LogP contribution in [-0.2, 0) is 14.8 Å². The molecule has 4 rings (SSSR count). The molecule has 4 atom stereocenters. The highest BCUT2D eigenvalue weighted by molar-refractivity contribution is 7.93. The van der Waals surface area contributed by atoms with Gasteiger partial charge in [-0.25, -0.2) is 27.2 Å². The van der Waals surface area contributed by atoms with Crippen molar-refractivity contribution in [2.45, 2.75) is 37.0 Å². The van der Waals surface area contributed by atoms with E-state index >= 15 is 0 Å². The third-order valence-electron chi connectivity index (χ3n) is 5.85. The Hall–Kier alpha value is -3.24. The predicted octanol–water partition coefficient (Wildman–Crippen LogP) is 2.40. The van der Waals surface area contributed by atoms with Crippen LogP contribution in [0.3, 0.4) is 0 Å². The molecule has 1 aliphatic rings. The summed E-state index contributed by atoms with van der Waals surface area (Å²) >= 11 is 5.83. The predicted molar refractivity (Wildman–Crippen MR) is 126 cm³/mol. The highest BCUT2D eigenvalue weighted by Crippen LogP contribution is 2.51. The molecule has 0 amide bonds. The number of ether oxygens (including phenoxy) is 3. The second-order valence-electron chi connectivity index (χ2n) is 8.07. The molecule has 0 spiro atoms. The zero-order valence-electron chi connectivity index (χ0n) is 20.0. The van der Waals surface area contributed by atoms with E-state index in [1.165, 1.54) is 51.5 Å². The van der Waals surface area contributed by atoms with Crippen LogP contribution in [0.15, 0.2) is 18.7 Å². The minimum atomic E-state index is -4.26. The van der Waals surface area contributed by atoms with Crippen molar-refractivity contribution in [2.75, 3.05) is 26.1 Å². The number of rotatable bonds is 11. The average Bonchev–Trinajstić information content (AvgIpc) is 3.59. The number of alkyl halides is 2. The summed E-state index contributed by atoms with van der Waals surface area (Å²) in [5.41, 5.74) is 0.0436. The third kappa shape index (κ3) is 5.26. The highest BCUT2D eigenvalue weighted by atomic mass is 35.5. The summed E-state index contributed by atoms with van der Waals surface area (Å²) in [6, 6.07) is 0. The molecule has 0 bridgehead atoms. The molecule has 3 aromatic rings. The van der Waals surface area contributed by atoms with E-state index in [-0.39, 0.29) is 46.5 Å². The molecule has 1 aliphatic carbocycles. The van der Waals surface area contributed by atoms with Crippen LogP contribution in [0.25, 0.3) is 5.69 Å². The van der Waals surface area contributed by atoms with E-state index < -0.39 is 39.6 Å².